The molecule has 0 unspecified atom stereocenters. The van der Waals surface area contributed by atoms with Crippen LogP contribution >= 0.6 is 0 Å². The third kappa shape index (κ3) is 4.25. The second-order valence-electron chi connectivity index (χ2n) is 5.86. The Balaban J connectivity index is 1.78. The topological polar surface area (TPSA) is 61.4 Å². The highest BCUT2D eigenvalue weighted by molar-refractivity contribution is 5.78. The van der Waals surface area contributed by atoms with Crippen LogP contribution in [0.25, 0.3) is 0 Å². The summed E-state index contributed by atoms with van der Waals surface area (Å²) in [6, 6.07) is 4.95. The van der Waals surface area contributed by atoms with Gasteiger partial charge in [0, 0.05) is 12.1 Å². The first kappa shape index (κ1) is 15.9. The first-order valence-corrected chi connectivity index (χ1v) is 7.42. The summed E-state index contributed by atoms with van der Waals surface area (Å²) >= 11 is 0. The number of hydrogen-bond acceptors (Lipinski definition) is 3. The summed E-state index contributed by atoms with van der Waals surface area (Å²) in [5.74, 6) is -0.402. The molecule has 0 radical (unpaired) electrons. The van der Waals surface area contributed by atoms with E-state index in [4.69, 9.17) is 0 Å². The van der Waals surface area contributed by atoms with E-state index in [0.29, 0.717) is 12.1 Å². The molecular weight excluding hydrogens is 271 g/mol. The van der Waals surface area contributed by atoms with Gasteiger partial charge >= 0.3 is 0 Å². The minimum Gasteiger partial charge on any atom is -0.394 e. The number of rotatable bonds is 6. The van der Waals surface area contributed by atoms with E-state index in [2.05, 4.69) is 10.6 Å². The molecule has 1 aromatic rings. The standard InChI is InChI=1S/C16H23FN2O2/c1-12-4-5-13(8-14(12)17)9-18-15(21)10-19-16(11-20)6-2-3-7-16/h4-5,8,19-20H,2-3,6-7,9-11H2,1H3,(H,18,21). The van der Waals surface area contributed by atoms with E-state index in [9.17, 15) is 14.3 Å². The molecule has 1 aromatic carbocycles. The molecule has 1 aliphatic rings. The van der Waals surface area contributed by atoms with Crippen molar-refractivity contribution in [3.8, 4) is 0 Å². The van der Waals surface area contributed by atoms with Crippen molar-refractivity contribution in [2.24, 2.45) is 0 Å². The van der Waals surface area contributed by atoms with Gasteiger partial charge < -0.3 is 15.7 Å². The molecule has 116 valence electrons. The van der Waals surface area contributed by atoms with Gasteiger partial charge in [0.1, 0.15) is 5.82 Å². The maximum atomic E-state index is 13.4. The van der Waals surface area contributed by atoms with Crippen LogP contribution < -0.4 is 10.6 Å². The quantitative estimate of drug-likeness (QED) is 0.747. The molecule has 0 saturated heterocycles. The van der Waals surface area contributed by atoms with E-state index in [1.54, 1.807) is 19.1 Å². The fourth-order valence-corrected chi connectivity index (χ4v) is 2.72. The summed E-state index contributed by atoms with van der Waals surface area (Å²) in [6.07, 6.45) is 3.97. The number of amides is 1. The summed E-state index contributed by atoms with van der Waals surface area (Å²) in [4.78, 5) is 11.8. The number of carbonyl (C=O) groups is 1. The average Bonchev–Trinajstić information content (AvgIpc) is 2.96. The van der Waals surface area contributed by atoms with Crippen molar-refractivity contribution < 1.29 is 14.3 Å². The van der Waals surface area contributed by atoms with Gasteiger partial charge in [-0.05, 0) is 37.0 Å². The lowest BCUT2D eigenvalue weighted by molar-refractivity contribution is -0.120. The zero-order valence-corrected chi connectivity index (χ0v) is 12.4. The molecule has 3 N–H and O–H groups in total. The van der Waals surface area contributed by atoms with Crippen LogP contribution in [0.1, 0.15) is 36.8 Å². The lowest BCUT2D eigenvalue weighted by atomic mass is 9.99. The second kappa shape index (κ2) is 7.00. The van der Waals surface area contributed by atoms with Crippen LogP contribution in [-0.4, -0.2) is 29.7 Å². The predicted octanol–water partition coefficient (Wildman–Crippen LogP) is 1.65. The van der Waals surface area contributed by atoms with Crippen LogP contribution in [0.3, 0.4) is 0 Å². The van der Waals surface area contributed by atoms with Gasteiger partial charge in [-0.1, -0.05) is 25.0 Å². The molecule has 4 nitrogen and oxygen atoms in total. The van der Waals surface area contributed by atoms with E-state index in [1.165, 1.54) is 6.07 Å². The molecule has 2 rings (SSSR count). The van der Waals surface area contributed by atoms with Crippen molar-refractivity contribution in [1.82, 2.24) is 10.6 Å². The zero-order chi connectivity index (χ0) is 15.3. The van der Waals surface area contributed by atoms with Gasteiger partial charge in [-0.3, -0.25) is 4.79 Å². The van der Waals surface area contributed by atoms with Gasteiger partial charge in [0.2, 0.25) is 5.91 Å². The molecule has 21 heavy (non-hydrogen) atoms. The van der Waals surface area contributed by atoms with E-state index in [0.717, 1.165) is 31.2 Å². The Bertz CT molecular complexity index is 499. The van der Waals surface area contributed by atoms with E-state index in [-0.39, 0.29) is 30.4 Å². The number of aliphatic hydroxyl groups excluding tert-OH is 1. The Labute approximate surface area is 124 Å². The molecular formula is C16H23FN2O2. The summed E-state index contributed by atoms with van der Waals surface area (Å²) < 4.78 is 13.4. The summed E-state index contributed by atoms with van der Waals surface area (Å²) in [5.41, 5.74) is 1.04. The highest BCUT2D eigenvalue weighted by atomic mass is 19.1. The highest BCUT2D eigenvalue weighted by Crippen LogP contribution is 2.28. The van der Waals surface area contributed by atoms with Crippen molar-refractivity contribution in [3.05, 3.63) is 35.1 Å². The Morgan fingerprint density at radius 3 is 2.71 bits per heavy atom. The van der Waals surface area contributed by atoms with Crippen molar-refractivity contribution in [2.75, 3.05) is 13.2 Å². The maximum Gasteiger partial charge on any atom is 0.234 e. The molecule has 1 saturated carbocycles. The molecule has 1 amide bonds. The molecule has 0 heterocycles. The summed E-state index contributed by atoms with van der Waals surface area (Å²) in [5, 5.41) is 15.4. The Kier molecular flexibility index (Phi) is 5.31. The Morgan fingerprint density at radius 2 is 2.10 bits per heavy atom. The minimum absolute atomic E-state index is 0.0590. The van der Waals surface area contributed by atoms with Gasteiger partial charge in [0.05, 0.1) is 13.2 Å². The summed E-state index contributed by atoms with van der Waals surface area (Å²) in [7, 11) is 0. The van der Waals surface area contributed by atoms with Gasteiger partial charge in [-0.25, -0.2) is 4.39 Å². The minimum atomic E-state index is -0.298. The molecule has 1 fully saturated rings. The first-order chi connectivity index (χ1) is 10.0. The maximum absolute atomic E-state index is 13.4. The van der Waals surface area contributed by atoms with E-state index < -0.39 is 0 Å². The van der Waals surface area contributed by atoms with Gasteiger partial charge in [0.25, 0.3) is 0 Å². The third-order valence-corrected chi connectivity index (χ3v) is 4.21. The van der Waals surface area contributed by atoms with Crippen molar-refractivity contribution in [2.45, 2.75) is 44.7 Å². The number of carbonyl (C=O) groups excluding carboxylic acids is 1. The highest BCUT2D eigenvalue weighted by Gasteiger charge is 2.32. The Morgan fingerprint density at radius 1 is 1.38 bits per heavy atom. The molecule has 1 aliphatic carbocycles. The van der Waals surface area contributed by atoms with Crippen LogP contribution in [0.4, 0.5) is 4.39 Å². The Hall–Kier alpha value is -1.46. The largest absolute Gasteiger partial charge is 0.394 e. The number of halogens is 1. The number of nitrogens with one attached hydrogen (secondary N) is 2. The molecule has 0 aliphatic heterocycles. The SMILES string of the molecule is Cc1ccc(CNC(=O)CNC2(CO)CCCC2)cc1F. The van der Waals surface area contributed by atoms with Crippen molar-refractivity contribution in [3.63, 3.8) is 0 Å². The molecule has 0 spiro atoms. The van der Waals surface area contributed by atoms with Crippen molar-refractivity contribution >= 4 is 5.91 Å². The molecule has 0 aromatic heterocycles. The average molecular weight is 294 g/mol. The van der Waals surface area contributed by atoms with Crippen LogP contribution in [0.2, 0.25) is 0 Å². The number of hydrogen-bond donors (Lipinski definition) is 3. The second-order valence-corrected chi connectivity index (χ2v) is 5.86. The summed E-state index contributed by atoms with van der Waals surface area (Å²) in [6.45, 7) is 2.25. The lowest BCUT2D eigenvalue weighted by Gasteiger charge is -2.27. The lowest BCUT2D eigenvalue weighted by Crippen LogP contribution is -2.50. The van der Waals surface area contributed by atoms with Crippen LogP contribution in [0.5, 0.6) is 0 Å². The fourth-order valence-electron chi connectivity index (χ4n) is 2.72. The third-order valence-electron chi connectivity index (χ3n) is 4.21. The number of aryl methyl sites for hydroxylation is 1. The van der Waals surface area contributed by atoms with Crippen LogP contribution in [0.15, 0.2) is 18.2 Å². The van der Waals surface area contributed by atoms with Crippen molar-refractivity contribution in [1.29, 1.82) is 0 Å². The van der Waals surface area contributed by atoms with Gasteiger partial charge in [-0.15, -0.1) is 0 Å². The number of benzene rings is 1. The molecule has 0 atom stereocenters. The first-order valence-electron chi connectivity index (χ1n) is 7.42. The normalized spacial score (nSPS) is 16.9. The smallest absolute Gasteiger partial charge is 0.234 e. The molecule has 5 heteroatoms. The predicted molar refractivity (Wildman–Crippen MR) is 79.3 cm³/mol. The molecule has 0 bridgehead atoms. The van der Waals surface area contributed by atoms with Gasteiger partial charge in [0.15, 0.2) is 0 Å². The zero-order valence-electron chi connectivity index (χ0n) is 12.4. The van der Waals surface area contributed by atoms with Crippen LogP contribution in [0, 0.1) is 12.7 Å². The monoisotopic (exact) mass is 294 g/mol. The van der Waals surface area contributed by atoms with E-state index >= 15 is 0 Å². The fraction of sp³-hybridized carbons (Fsp3) is 0.562. The van der Waals surface area contributed by atoms with Gasteiger partial charge in [-0.2, -0.15) is 0 Å². The van der Waals surface area contributed by atoms with E-state index in [1.807, 2.05) is 0 Å². The number of aliphatic hydroxyl groups is 1. The van der Waals surface area contributed by atoms with Crippen LogP contribution in [-0.2, 0) is 11.3 Å².